The van der Waals surface area contributed by atoms with Crippen LogP contribution in [0.25, 0.3) is 10.9 Å². The van der Waals surface area contributed by atoms with Gasteiger partial charge in [-0.2, -0.15) is 0 Å². The summed E-state index contributed by atoms with van der Waals surface area (Å²) in [5.41, 5.74) is 1.91. The first-order valence-corrected chi connectivity index (χ1v) is 7.42. The van der Waals surface area contributed by atoms with Gasteiger partial charge in [-0.25, -0.2) is 11.4 Å². The lowest BCUT2D eigenvalue weighted by molar-refractivity contribution is -0.139. The fourth-order valence-corrected chi connectivity index (χ4v) is 2.31. The third-order valence-corrected chi connectivity index (χ3v) is 3.51. The molecule has 1 N–H and O–H groups in total. The fourth-order valence-electron chi connectivity index (χ4n) is 2.31. The first-order chi connectivity index (χ1) is 11.0. The van der Waals surface area contributed by atoms with E-state index in [1.807, 2.05) is 6.07 Å². The molecule has 0 aliphatic heterocycles. The molecule has 1 aromatic carbocycles. The van der Waals surface area contributed by atoms with Crippen LogP contribution in [0.2, 0.25) is 0 Å². The van der Waals surface area contributed by atoms with E-state index in [0.29, 0.717) is 36.9 Å². The van der Waals surface area contributed by atoms with Crippen molar-refractivity contribution in [3.05, 3.63) is 52.4 Å². The van der Waals surface area contributed by atoms with Crippen LogP contribution >= 0.6 is 0 Å². The Hall–Kier alpha value is -2.61. The second-order valence-corrected chi connectivity index (χ2v) is 5.26. The smallest absolute Gasteiger partial charge is 0.333 e. The lowest BCUT2D eigenvalue weighted by atomic mass is 9.92. The predicted octanol–water partition coefficient (Wildman–Crippen LogP) is 3.52. The molecule has 0 bridgehead atoms. The Balaban J connectivity index is 2.93. The van der Waals surface area contributed by atoms with Gasteiger partial charge in [-0.15, -0.1) is 0 Å². The Morgan fingerprint density at radius 2 is 2.13 bits per heavy atom. The lowest BCUT2D eigenvalue weighted by Gasteiger charge is -2.13. The summed E-state index contributed by atoms with van der Waals surface area (Å²) < 4.78 is 4.65. The number of rotatable bonds is 8. The number of esters is 1. The monoisotopic (exact) mass is 315 g/mol. The van der Waals surface area contributed by atoms with Gasteiger partial charge in [0.25, 0.3) is 0 Å². The highest BCUT2D eigenvalue weighted by atomic mass is 16.5. The van der Waals surface area contributed by atoms with E-state index in [4.69, 9.17) is 6.57 Å². The first-order valence-electron chi connectivity index (χ1n) is 7.42. The topological polar surface area (TPSA) is 68.0 Å². The maximum absolute atomic E-state index is 11.5. The van der Waals surface area contributed by atoms with Gasteiger partial charge >= 0.3 is 11.9 Å². The molecule has 0 radical (unpaired) electrons. The number of carbonyl (C=O) groups is 2. The summed E-state index contributed by atoms with van der Waals surface area (Å²) in [6.07, 6.45) is 3.57. The van der Waals surface area contributed by atoms with Gasteiger partial charge in [0.05, 0.1) is 13.0 Å². The van der Waals surface area contributed by atoms with E-state index in [1.54, 1.807) is 31.2 Å². The largest absolute Gasteiger partial charge is 0.481 e. The second-order valence-electron chi connectivity index (χ2n) is 5.26. The summed E-state index contributed by atoms with van der Waals surface area (Å²) in [5.74, 6) is -1.89. The van der Waals surface area contributed by atoms with Crippen LogP contribution in [0.1, 0.15) is 43.2 Å². The van der Waals surface area contributed by atoms with E-state index in [9.17, 15) is 14.7 Å². The van der Waals surface area contributed by atoms with Crippen LogP contribution in [-0.2, 0) is 14.3 Å². The molecule has 0 aliphatic carbocycles. The number of carbonyl (C=O) groups excluding carboxylic acids is 1. The number of ether oxygens (including phenoxy) is 1. The number of methoxy groups -OCH3 is 1. The van der Waals surface area contributed by atoms with Crippen molar-refractivity contribution in [2.24, 2.45) is 0 Å². The standard InChI is InChI=1S/C18H21NO4/c1-13(18(22)23-3)11-14-7-6-8-15(12-14)16(17(20)21)9-4-5-10-19-2/h6-8,11-12,16H,4-5,9-10H2,1,3H3,(H,20,21)/b13-11+. The SMILES string of the molecule is [C-]#[N+]CCCCC(C(=O)O)c1cccc(/C=C(\C)C(=O)OC)c1. The van der Waals surface area contributed by atoms with Crippen LogP contribution < -0.4 is 0 Å². The Morgan fingerprint density at radius 3 is 2.74 bits per heavy atom. The minimum Gasteiger partial charge on any atom is -0.481 e. The molecule has 1 aromatic rings. The summed E-state index contributed by atoms with van der Waals surface area (Å²) in [7, 11) is 1.32. The molecule has 1 rings (SSSR count). The highest BCUT2D eigenvalue weighted by molar-refractivity contribution is 5.93. The van der Waals surface area contributed by atoms with Gasteiger partial charge in [0.1, 0.15) is 0 Å². The molecule has 0 amide bonds. The number of hydrogen-bond acceptors (Lipinski definition) is 3. The van der Waals surface area contributed by atoms with Gasteiger partial charge < -0.3 is 14.7 Å². The van der Waals surface area contributed by atoms with Crippen LogP contribution in [0.3, 0.4) is 0 Å². The Kier molecular flexibility index (Phi) is 7.55. The molecule has 23 heavy (non-hydrogen) atoms. The van der Waals surface area contributed by atoms with Crippen molar-refractivity contribution in [2.45, 2.75) is 32.1 Å². The summed E-state index contributed by atoms with van der Waals surface area (Å²) in [5, 5.41) is 9.43. The zero-order chi connectivity index (χ0) is 17.2. The second kappa shape index (κ2) is 9.42. The number of hydrogen-bond donors (Lipinski definition) is 1. The maximum atomic E-state index is 11.5. The number of unbranched alkanes of at least 4 members (excludes halogenated alkanes) is 1. The molecule has 5 heteroatoms. The van der Waals surface area contributed by atoms with Crippen LogP contribution in [0.15, 0.2) is 29.8 Å². The molecule has 0 heterocycles. The Morgan fingerprint density at radius 1 is 1.39 bits per heavy atom. The van der Waals surface area contributed by atoms with Crippen molar-refractivity contribution in [1.29, 1.82) is 0 Å². The number of benzene rings is 1. The van der Waals surface area contributed by atoms with E-state index >= 15 is 0 Å². The molecular formula is C18H21NO4. The number of carboxylic acid groups (broad SMARTS) is 1. The van der Waals surface area contributed by atoms with Crippen molar-refractivity contribution < 1.29 is 19.4 Å². The fraction of sp³-hybridized carbons (Fsp3) is 0.389. The van der Waals surface area contributed by atoms with E-state index in [0.717, 1.165) is 5.56 Å². The molecule has 0 aromatic heterocycles. The van der Waals surface area contributed by atoms with E-state index < -0.39 is 17.9 Å². The average Bonchev–Trinajstić information content (AvgIpc) is 2.53. The normalized spacial score (nSPS) is 12.3. The zero-order valence-corrected chi connectivity index (χ0v) is 13.4. The van der Waals surface area contributed by atoms with E-state index in [2.05, 4.69) is 9.58 Å². The van der Waals surface area contributed by atoms with Gasteiger partial charge in [0.15, 0.2) is 0 Å². The first kappa shape index (κ1) is 18.4. The van der Waals surface area contributed by atoms with Crippen molar-refractivity contribution in [1.82, 2.24) is 0 Å². The van der Waals surface area contributed by atoms with Crippen LogP contribution in [-0.4, -0.2) is 30.7 Å². The van der Waals surface area contributed by atoms with Crippen LogP contribution in [0.4, 0.5) is 0 Å². The summed E-state index contributed by atoms with van der Waals surface area (Å²) in [6, 6.07) is 7.15. The zero-order valence-electron chi connectivity index (χ0n) is 13.4. The van der Waals surface area contributed by atoms with Gasteiger partial charge in [0, 0.05) is 12.0 Å². The highest BCUT2D eigenvalue weighted by Crippen LogP contribution is 2.24. The average molecular weight is 315 g/mol. The van der Waals surface area contributed by atoms with Gasteiger partial charge in [-0.3, -0.25) is 4.79 Å². The maximum Gasteiger partial charge on any atom is 0.333 e. The number of nitrogens with zero attached hydrogens (tertiary/aromatic N) is 1. The molecule has 0 saturated heterocycles. The molecule has 1 atom stereocenters. The number of carboxylic acids is 1. The van der Waals surface area contributed by atoms with Crippen molar-refractivity contribution >= 4 is 18.0 Å². The van der Waals surface area contributed by atoms with Gasteiger partial charge in [-0.05, 0) is 37.0 Å². The summed E-state index contributed by atoms with van der Waals surface area (Å²) in [6.45, 7) is 8.82. The van der Waals surface area contributed by atoms with Crippen molar-refractivity contribution in [2.75, 3.05) is 13.7 Å². The Bertz CT molecular complexity index is 628. The predicted molar refractivity (Wildman–Crippen MR) is 87.8 cm³/mol. The van der Waals surface area contributed by atoms with Crippen molar-refractivity contribution in [3.63, 3.8) is 0 Å². The molecule has 0 spiro atoms. The third kappa shape index (κ3) is 5.95. The third-order valence-electron chi connectivity index (χ3n) is 3.51. The molecule has 0 saturated carbocycles. The van der Waals surface area contributed by atoms with E-state index in [1.165, 1.54) is 7.11 Å². The molecule has 0 fully saturated rings. The Labute approximate surface area is 136 Å². The molecule has 1 unspecified atom stereocenters. The van der Waals surface area contributed by atoms with Gasteiger partial charge in [0.2, 0.25) is 6.54 Å². The lowest BCUT2D eigenvalue weighted by Crippen LogP contribution is -2.12. The minimum atomic E-state index is -0.876. The van der Waals surface area contributed by atoms with Crippen molar-refractivity contribution in [3.8, 4) is 0 Å². The number of aliphatic carboxylic acids is 1. The summed E-state index contributed by atoms with van der Waals surface area (Å²) in [4.78, 5) is 26.2. The highest BCUT2D eigenvalue weighted by Gasteiger charge is 2.19. The molecule has 0 aliphatic rings. The van der Waals surface area contributed by atoms with E-state index in [-0.39, 0.29) is 0 Å². The summed E-state index contributed by atoms with van der Waals surface area (Å²) >= 11 is 0. The minimum absolute atomic E-state index is 0.413. The van der Waals surface area contributed by atoms with Crippen LogP contribution in [0, 0.1) is 6.57 Å². The molecular weight excluding hydrogens is 294 g/mol. The van der Waals surface area contributed by atoms with Gasteiger partial charge in [-0.1, -0.05) is 24.3 Å². The molecule has 5 nitrogen and oxygen atoms in total. The quantitative estimate of drug-likeness (QED) is 0.345. The van der Waals surface area contributed by atoms with Crippen LogP contribution in [0.5, 0.6) is 0 Å². The molecule has 122 valence electrons.